The van der Waals surface area contributed by atoms with Gasteiger partial charge in [0.15, 0.2) is 0 Å². The Bertz CT molecular complexity index is 309. The SMILES string of the molecule is Cc1ccc([C@@H]2C[C@H]2N)c(Br)c1. The van der Waals surface area contributed by atoms with Gasteiger partial charge in [-0.3, -0.25) is 0 Å². The highest BCUT2D eigenvalue weighted by Crippen LogP contribution is 2.42. The maximum Gasteiger partial charge on any atom is 0.0213 e. The Balaban J connectivity index is 2.33. The van der Waals surface area contributed by atoms with E-state index in [-0.39, 0.29) is 0 Å². The Morgan fingerprint density at radius 2 is 2.17 bits per heavy atom. The molecule has 0 amide bonds. The highest BCUT2D eigenvalue weighted by molar-refractivity contribution is 9.10. The molecule has 0 saturated heterocycles. The predicted molar refractivity (Wildman–Crippen MR) is 54.2 cm³/mol. The quantitative estimate of drug-likeness (QED) is 0.782. The molecule has 1 aromatic carbocycles. The molecule has 0 bridgehead atoms. The molecule has 2 N–H and O–H groups in total. The van der Waals surface area contributed by atoms with E-state index in [2.05, 4.69) is 41.1 Å². The van der Waals surface area contributed by atoms with Crippen LogP contribution in [0.3, 0.4) is 0 Å². The molecular formula is C10H12BrN. The van der Waals surface area contributed by atoms with Crippen LogP contribution < -0.4 is 5.73 Å². The number of benzene rings is 1. The topological polar surface area (TPSA) is 26.0 Å². The molecule has 1 nitrogen and oxygen atoms in total. The summed E-state index contributed by atoms with van der Waals surface area (Å²) in [6.07, 6.45) is 1.14. The van der Waals surface area contributed by atoms with Crippen molar-refractivity contribution in [2.24, 2.45) is 5.73 Å². The number of nitrogens with two attached hydrogens (primary N) is 1. The van der Waals surface area contributed by atoms with E-state index in [4.69, 9.17) is 5.73 Å². The van der Waals surface area contributed by atoms with Gasteiger partial charge >= 0.3 is 0 Å². The predicted octanol–water partition coefficient (Wildman–Crippen LogP) is 2.57. The largest absolute Gasteiger partial charge is 0.327 e. The van der Waals surface area contributed by atoms with E-state index in [0.717, 1.165) is 6.42 Å². The number of hydrogen-bond acceptors (Lipinski definition) is 1. The van der Waals surface area contributed by atoms with Crippen molar-refractivity contribution in [2.75, 3.05) is 0 Å². The average molecular weight is 226 g/mol. The number of hydrogen-bond donors (Lipinski definition) is 1. The first kappa shape index (κ1) is 8.27. The van der Waals surface area contributed by atoms with Crippen LogP contribution in [0.4, 0.5) is 0 Å². The standard InChI is InChI=1S/C10H12BrN/c1-6-2-3-7(9(11)4-6)8-5-10(8)12/h2-4,8,10H,5,12H2,1H3/t8-,10+/m0/s1. The smallest absolute Gasteiger partial charge is 0.0213 e. The Kier molecular flexibility index (Phi) is 1.97. The van der Waals surface area contributed by atoms with E-state index in [1.807, 2.05) is 0 Å². The fourth-order valence-electron chi connectivity index (χ4n) is 1.51. The molecule has 0 aliphatic heterocycles. The van der Waals surface area contributed by atoms with Crippen LogP contribution in [0.25, 0.3) is 0 Å². The van der Waals surface area contributed by atoms with Gasteiger partial charge in [0.2, 0.25) is 0 Å². The van der Waals surface area contributed by atoms with Crippen molar-refractivity contribution in [3.05, 3.63) is 33.8 Å². The highest BCUT2D eigenvalue weighted by atomic mass is 79.9. The molecular weight excluding hydrogens is 214 g/mol. The summed E-state index contributed by atoms with van der Waals surface area (Å²) in [4.78, 5) is 0. The van der Waals surface area contributed by atoms with Gasteiger partial charge in [-0.25, -0.2) is 0 Å². The molecule has 1 aromatic rings. The van der Waals surface area contributed by atoms with Gasteiger partial charge in [0, 0.05) is 16.4 Å². The summed E-state index contributed by atoms with van der Waals surface area (Å²) in [5.41, 5.74) is 8.44. The highest BCUT2D eigenvalue weighted by Gasteiger charge is 2.35. The van der Waals surface area contributed by atoms with E-state index in [9.17, 15) is 0 Å². The minimum Gasteiger partial charge on any atom is -0.327 e. The van der Waals surface area contributed by atoms with E-state index < -0.39 is 0 Å². The second-order valence-electron chi connectivity index (χ2n) is 3.53. The van der Waals surface area contributed by atoms with Crippen molar-refractivity contribution in [3.63, 3.8) is 0 Å². The lowest BCUT2D eigenvalue weighted by Crippen LogP contribution is -2.01. The Morgan fingerprint density at radius 1 is 1.50 bits per heavy atom. The molecule has 1 aliphatic carbocycles. The molecule has 1 aliphatic rings. The summed E-state index contributed by atoms with van der Waals surface area (Å²) in [5, 5.41) is 0. The molecule has 1 fully saturated rings. The van der Waals surface area contributed by atoms with Gasteiger partial charge < -0.3 is 5.73 Å². The first-order valence-corrected chi connectivity index (χ1v) is 4.99. The molecule has 0 spiro atoms. The van der Waals surface area contributed by atoms with Crippen molar-refractivity contribution in [1.29, 1.82) is 0 Å². The van der Waals surface area contributed by atoms with Crippen LogP contribution in [0, 0.1) is 6.92 Å². The van der Waals surface area contributed by atoms with Crippen LogP contribution >= 0.6 is 15.9 Å². The number of aryl methyl sites for hydroxylation is 1. The molecule has 0 unspecified atom stereocenters. The third-order valence-electron chi connectivity index (χ3n) is 2.40. The van der Waals surface area contributed by atoms with Crippen LogP contribution in [-0.4, -0.2) is 6.04 Å². The third-order valence-corrected chi connectivity index (χ3v) is 3.08. The zero-order valence-electron chi connectivity index (χ0n) is 7.05. The maximum atomic E-state index is 5.78. The molecule has 0 aromatic heterocycles. The number of rotatable bonds is 1. The second-order valence-corrected chi connectivity index (χ2v) is 4.39. The monoisotopic (exact) mass is 225 g/mol. The van der Waals surface area contributed by atoms with Crippen LogP contribution in [0.15, 0.2) is 22.7 Å². The summed E-state index contributed by atoms with van der Waals surface area (Å²) in [7, 11) is 0. The Hall–Kier alpha value is -0.340. The number of halogens is 1. The van der Waals surface area contributed by atoms with Crippen LogP contribution in [-0.2, 0) is 0 Å². The van der Waals surface area contributed by atoms with E-state index >= 15 is 0 Å². The van der Waals surface area contributed by atoms with Gasteiger partial charge in [-0.1, -0.05) is 28.1 Å². The lowest BCUT2D eigenvalue weighted by Gasteiger charge is -2.03. The molecule has 2 rings (SSSR count). The molecule has 0 heterocycles. The normalized spacial score (nSPS) is 27.2. The van der Waals surface area contributed by atoms with Crippen molar-refractivity contribution >= 4 is 15.9 Å². The fourth-order valence-corrected chi connectivity index (χ4v) is 2.29. The van der Waals surface area contributed by atoms with E-state index in [1.54, 1.807) is 0 Å². The van der Waals surface area contributed by atoms with Crippen molar-refractivity contribution < 1.29 is 0 Å². The first-order chi connectivity index (χ1) is 5.68. The Morgan fingerprint density at radius 3 is 2.67 bits per heavy atom. The van der Waals surface area contributed by atoms with Crippen LogP contribution in [0.2, 0.25) is 0 Å². The van der Waals surface area contributed by atoms with Gasteiger partial charge in [0.1, 0.15) is 0 Å². The summed E-state index contributed by atoms with van der Waals surface area (Å²) >= 11 is 3.56. The third kappa shape index (κ3) is 1.41. The van der Waals surface area contributed by atoms with Gasteiger partial charge in [-0.2, -0.15) is 0 Å². The molecule has 2 heteroatoms. The van der Waals surface area contributed by atoms with Crippen molar-refractivity contribution in [1.82, 2.24) is 0 Å². The summed E-state index contributed by atoms with van der Waals surface area (Å²) in [5.74, 6) is 0.597. The lowest BCUT2D eigenvalue weighted by molar-refractivity contribution is 0.984. The zero-order valence-corrected chi connectivity index (χ0v) is 8.64. The molecule has 12 heavy (non-hydrogen) atoms. The lowest BCUT2D eigenvalue weighted by atomic mass is 10.1. The summed E-state index contributed by atoms with van der Waals surface area (Å²) in [6.45, 7) is 2.10. The zero-order chi connectivity index (χ0) is 8.72. The summed E-state index contributed by atoms with van der Waals surface area (Å²) in [6, 6.07) is 6.87. The summed E-state index contributed by atoms with van der Waals surface area (Å²) < 4.78 is 1.21. The average Bonchev–Trinajstić information content (AvgIpc) is 2.66. The molecule has 0 radical (unpaired) electrons. The van der Waals surface area contributed by atoms with E-state index in [0.29, 0.717) is 12.0 Å². The van der Waals surface area contributed by atoms with Gasteiger partial charge in [-0.05, 0) is 30.5 Å². The van der Waals surface area contributed by atoms with E-state index in [1.165, 1.54) is 15.6 Å². The minimum absolute atomic E-state index is 0.393. The maximum absolute atomic E-state index is 5.78. The van der Waals surface area contributed by atoms with Gasteiger partial charge in [0.05, 0.1) is 0 Å². The van der Waals surface area contributed by atoms with Crippen LogP contribution in [0.1, 0.15) is 23.5 Å². The van der Waals surface area contributed by atoms with Gasteiger partial charge in [0.25, 0.3) is 0 Å². The fraction of sp³-hybridized carbons (Fsp3) is 0.400. The minimum atomic E-state index is 0.393. The van der Waals surface area contributed by atoms with Crippen molar-refractivity contribution in [3.8, 4) is 0 Å². The molecule has 1 saturated carbocycles. The second kappa shape index (κ2) is 2.86. The first-order valence-electron chi connectivity index (χ1n) is 4.20. The molecule has 64 valence electrons. The Labute approximate surface area is 81.1 Å². The molecule has 2 atom stereocenters. The van der Waals surface area contributed by atoms with Gasteiger partial charge in [-0.15, -0.1) is 0 Å². The van der Waals surface area contributed by atoms with Crippen molar-refractivity contribution in [2.45, 2.75) is 25.3 Å². The van der Waals surface area contributed by atoms with Crippen LogP contribution in [0.5, 0.6) is 0 Å².